The zero-order valence-corrected chi connectivity index (χ0v) is 10.3. The zero-order chi connectivity index (χ0) is 10.3. The van der Waals surface area contributed by atoms with Gasteiger partial charge >= 0.3 is 0 Å². The third-order valence-corrected chi connectivity index (χ3v) is 3.29. The van der Waals surface area contributed by atoms with E-state index in [-0.39, 0.29) is 0 Å². The molecule has 0 radical (unpaired) electrons. The van der Waals surface area contributed by atoms with E-state index in [1.165, 1.54) is 32.1 Å². The summed E-state index contributed by atoms with van der Waals surface area (Å²) in [6, 6.07) is 0. The molecule has 13 heavy (non-hydrogen) atoms. The van der Waals surface area contributed by atoms with Gasteiger partial charge in [-0.15, -0.1) is 0 Å². The summed E-state index contributed by atoms with van der Waals surface area (Å²) in [6.45, 7) is 11.4. The maximum Gasteiger partial charge on any atom is -0.0386 e. The van der Waals surface area contributed by atoms with E-state index in [4.69, 9.17) is 0 Å². The highest BCUT2D eigenvalue weighted by Crippen LogP contribution is 2.40. The zero-order valence-electron chi connectivity index (χ0n) is 10.3. The van der Waals surface area contributed by atoms with Crippen LogP contribution < -0.4 is 0 Å². The Morgan fingerprint density at radius 2 is 1.46 bits per heavy atom. The Kier molecular flexibility index (Phi) is 7.41. The van der Waals surface area contributed by atoms with Crippen LogP contribution in [0.3, 0.4) is 0 Å². The van der Waals surface area contributed by atoms with E-state index in [0.717, 1.165) is 17.8 Å². The molecule has 1 rings (SSSR count). The van der Waals surface area contributed by atoms with E-state index < -0.39 is 0 Å². The molecular formula is C13H28. The lowest BCUT2D eigenvalue weighted by atomic mass is 9.69. The van der Waals surface area contributed by atoms with Crippen LogP contribution in [-0.2, 0) is 0 Å². The van der Waals surface area contributed by atoms with Crippen molar-refractivity contribution in [2.45, 2.75) is 66.7 Å². The predicted molar refractivity (Wildman–Crippen MR) is 61.9 cm³/mol. The van der Waals surface area contributed by atoms with Gasteiger partial charge in [0.05, 0.1) is 0 Å². The van der Waals surface area contributed by atoms with Crippen molar-refractivity contribution in [1.29, 1.82) is 0 Å². The Bertz CT molecular complexity index is 96.6. The van der Waals surface area contributed by atoms with Crippen LogP contribution in [0, 0.1) is 17.8 Å². The van der Waals surface area contributed by atoms with Crippen molar-refractivity contribution >= 4 is 0 Å². The van der Waals surface area contributed by atoms with Crippen molar-refractivity contribution in [2.75, 3.05) is 0 Å². The summed E-state index contributed by atoms with van der Waals surface area (Å²) < 4.78 is 0. The summed E-state index contributed by atoms with van der Waals surface area (Å²) in [7, 11) is 0. The molecule has 0 saturated heterocycles. The number of rotatable bonds is 3. The van der Waals surface area contributed by atoms with Crippen molar-refractivity contribution in [3.63, 3.8) is 0 Å². The van der Waals surface area contributed by atoms with Crippen LogP contribution in [-0.4, -0.2) is 0 Å². The first-order chi connectivity index (χ1) is 6.15. The second kappa shape index (κ2) is 7.41. The van der Waals surface area contributed by atoms with E-state index in [1.54, 1.807) is 0 Å². The Hall–Kier alpha value is 0. The first-order valence-corrected chi connectivity index (χ1v) is 6.15. The fraction of sp³-hybridized carbons (Fsp3) is 1.00. The number of unbranched alkanes of at least 4 members (excludes halogenated alkanes) is 1. The molecule has 0 N–H and O–H groups in total. The molecule has 0 amide bonds. The van der Waals surface area contributed by atoms with Gasteiger partial charge in [0.2, 0.25) is 0 Å². The molecule has 0 aromatic heterocycles. The maximum atomic E-state index is 2.34. The van der Waals surface area contributed by atoms with Gasteiger partial charge in [-0.05, 0) is 30.6 Å². The average molecular weight is 184 g/mol. The van der Waals surface area contributed by atoms with Crippen LogP contribution in [0.5, 0.6) is 0 Å². The Morgan fingerprint density at radius 3 is 1.69 bits per heavy atom. The lowest BCUT2D eigenvalue weighted by Gasteiger charge is -2.37. The molecule has 80 valence electrons. The van der Waals surface area contributed by atoms with Crippen LogP contribution >= 0.6 is 0 Å². The molecular weight excluding hydrogens is 156 g/mol. The van der Waals surface area contributed by atoms with Crippen LogP contribution in [0.4, 0.5) is 0 Å². The summed E-state index contributed by atoms with van der Waals surface area (Å²) in [6.07, 6.45) is 7.06. The molecule has 0 heterocycles. The monoisotopic (exact) mass is 184 g/mol. The molecule has 0 atom stereocenters. The van der Waals surface area contributed by atoms with E-state index in [1.807, 2.05) is 0 Å². The molecule has 0 nitrogen and oxygen atoms in total. The molecule has 0 aromatic rings. The van der Waals surface area contributed by atoms with Gasteiger partial charge in [-0.1, -0.05) is 53.9 Å². The maximum absolute atomic E-state index is 2.34. The van der Waals surface area contributed by atoms with Gasteiger partial charge < -0.3 is 0 Å². The summed E-state index contributed by atoms with van der Waals surface area (Å²) in [5.74, 6) is 3.08. The highest BCUT2D eigenvalue weighted by Gasteiger charge is 2.29. The lowest BCUT2D eigenvalue weighted by molar-refractivity contribution is 0.138. The standard InChI is InChI=1S/C9H18.C4H10/c1-4-8-5-9(6-8)7(2)3;1-3-4-2/h7-9H,4-6H2,1-3H3;3-4H2,1-2H3. The second-order valence-corrected chi connectivity index (χ2v) is 4.75. The van der Waals surface area contributed by atoms with Gasteiger partial charge in [0, 0.05) is 0 Å². The van der Waals surface area contributed by atoms with Gasteiger partial charge in [-0.2, -0.15) is 0 Å². The summed E-state index contributed by atoms with van der Waals surface area (Å²) in [5, 5.41) is 0. The fourth-order valence-electron chi connectivity index (χ4n) is 1.66. The van der Waals surface area contributed by atoms with Gasteiger partial charge in [0.15, 0.2) is 0 Å². The SMILES string of the molecule is CCC1CC(C(C)C)C1.CCCC. The summed E-state index contributed by atoms with van der Waals surface area (Å²) in [4.78, 5) is 0. The van der Waals surface area contributed by atoms with Crippen LogP contribution in [0.15, 0.2) is 0 Å². The van der Waals surface area contributed by atoms with E-state index in [0.29, 0.717) is 0 Å². The molecule has 1 saturated carbocycles. The normalized spacial score (nSPS) is 26.3. The number of hydrogen-bond acceptors (Lipinski definition) is 0. The van der Waals surface area contributed by atoms with Crippen LogP contribution in [0.2, 0.25) is 0 Å². The lowest BCUT2D eigenvalue weighted by Crippen LogP contribution is -2.26. The van der Waals surface area contributed by atoms with Crippen molar-refractivity contribution in [2.24, 2.45) is 17.8 Å². The molecule has 0 spiro atoms. The Balaban J connectivity index is 0.000000310. The van der Waals surface area contributed by atoms with Crippen molar-refractivity contribution in [3.05, 3.63) is 0 Å². The topological polar surface area (TPSA) is 0 Å². The van der Waals surface area contributed by atoms with E-state index in [9.17, 15) is 0 Å². The Labute approximate surface area is 85.1 Å². The molecule has 1 fully saturated rings. The van der Waals surface area contributed by atoms with Crippen molar-refractivity contribution in [1.82, 2.24) is 0 Å². The first-order valence-electron chi connectivity index (χ1n) is 6.15. The van der Waals surface area contributed by atoms with Gasteiger partial charge in [-0.25, -0.2) is 0 Å². The third kappa shape index (κ3) is 5.33. The van der Waals surface area contributed by atoms with E-state index in [2.05, 4.69) is 34.6 Å². The highest BCUT2D eigenvalue weighted by atomic mass is 14.3. The largest absolute Gasteiger partial charge is 0.0654 e. The second-order valence-electron chi connectivity index (χ2n) is 4.75. The van der Waals surface area contributed by atoms with Gasteiger partial charge in [0.1, 0.15) is 0 Å². The summed E-state index contributed by atoms with van der Waals surface area (Å²) >= 11 is 0. The predicted octanol–water partition coefficient (Wildman–Crippen LogP) is 4.89. The first kappa shape index (κ1) is 13.0. The summed E-state index contributed by atoms with van der Waals surface area (Å²) in [5.41, 5.74) is 0. The minimum Gasteiger partial charge on any atom is -0.0654 e. The fourth-order valence-corrected chi connectivity index (χ4v) is 1.66. The Morgan fingerprint density at radius 1 is 1.00 bits per heavy atom. The van der Waals surface area contributed by atoms with E-state index >= 15 is 0 Å². The molecule has 1 aliphatic rings. The molecule has 0 unspecified atom stereocenters. The average Bonchev–Trinajstić information content (AvgIpc) is 2.02. The molecule has 1 aliphatic carbocycles. The molecule has 0 bridgehead atoms. The van der Waals surface area contributed by atoms with Crippen molar-refractivity contribution in [3.8, 4) is 0 Å². The molecule has 0 aromatic carbocycles. The highest BCUT2D eigenvalue weighted by molar-refractivity contribution is 4.80. The molecule has 0 heteroatoms. The van der Waals surface area contributed by atoms with Crippen molar-refractivity contribution < 1.29 is 0 Å². The quantitative estimate of drug-likeness (QED) is 0.586. The third-order valence-electron chi connectivity index (χ3n) is 3.29. The smallest absolute Gasteiger partial charge is 0.0386 e. The minimum atomic E-state index is 0.938. The van der Waals surface area contributed by atoms with Crippen LogP contribution in [0.1, 0.15) is 66.7 Å². The van der Waals surface area contributed by atoms with Crippen LogP contribution in [0.25, 0.3) is 0 Å². The minimum absolute atomic E-state index is 0.938. The number of hydrogen-bond donors (Lipinski definition) is 0. The molecule has 0 aliphatic heterocycles. The van der Waals surface area contributed by atoms with Gasteiger partial charge in [-0.3, -0.25) is 0 Å². The van der Waals surface area contributed by atoms with Gasteiger partial charge in [0.25, 0.3) is 0 Å².